The summed E-state index contributed by atoms with van der Waals surface area (Å²) in [6.45, 7) is 0.625. The average molecular weight is 275 g/mol. The highest BCUT2D eigenvalue weighted by Crippen LogP contribution is 2.28. The van der Waals surface area contributed by atoms with Crippen molar-refractivity contribution < 1.29 is 14.6 Å². The van der Waals surface area contributed by atoms with Gasteiger partial charge in [0.2, 0.25) is 0 Å². The van der Waals surface area contributed by atoms with Gasteiger partial charge in [0, 0.05) is 23.8 Å². The molecule has 0 aliphatic carbocycles. The minimum absolute atomic E-state index is 0.106. The summed E-state index contributed by atoms with van der Waals surface area (Å²) in [5.74, 6) is 0.783. The van der Waals surface area contributed by atoms with Gasteiger partial charge in [-0.15, -0.1) is 0 Å². The topological polar surface area (TPSA) is 38.7 Å². The Hall–Kier alpha value is -0.580. The molecule has 0 amide bonds. The first-order valence-corrected chi connectivity index (χ1v) is 5.47. The van der Waals surface area contributed by atoms with Crippen molar-refractivity contribution in [3.63, 3.8) is 0 Å². The Morgan fingerprint density at radius 1 is 1.33 bits per heavy atom. The number of methoxy groups -OCH3 is 2. The summed E-state index contributed by atoms with van der Waals surface area (Å²) in [5.41, 5.74) is 2.04. The van der Waals surface area contributed by atoms with E-state index in [1.54, 1.807) is 14.2 Å². The molecular weight excluding hydrogens is 260 g/mol. The molecule has 0 aliphatic heterocycles. The minimum Gasteiger partial charge on any atom is -0.496 e. The van der Waals surface area contributed by atoms with Crippen molar-refractivity contribution in [1.29, 1.82) is 0 Å². The normalized spacial score (nSPS) is 10.4. The summed E-state index contributed by atoms with van der Waals surface area (Å²) in [6.07, 6.45) is 0.579. The molecule has 1 aromatic rings. The van der Waals surface area contributed by atoms with Crippen LogP contribution in [-0.2, 0) is 17.8 Å². The van der Waals surface area contributed by atoms with Gasteiger partial charge in [0.1, 0.15) is 5.75 Å². The number of halogens is 1. The summed E-state index contributed by atoms with van der Waals surface area (Å²) in [6, 6.07) is 3.88. The molecule has 0 atom stereocenters. The lowest BCUT2D eigenvalue weighted by Crippen LogP contribution is -2.02. The Labute approximate surface area is 98.1 Å². The summed E-state index contributed by atoms with van der Waals surface area (Å²) >= 11 is 3.41. The molecule has 0 spiro atoms. The molecule has 0 saturated carbocycles. The van der Waals surface area contributed by atoms with Gasteiger partial charge in [-0.2, -0.15) is 0 Å². The molecule has 0 heterocycles. The first-order valence-electron chi connectivity index (χ1n) is 4.68. The van der Waals surface area contributed by atoms with Gasteiger partial charge in [0.05, 0.1) is 13.7 Å². The Kier molecular flexibility index (Phi) is 5.08. The molecule has 0 aliphatic rings. The van der Waals surface area contributed by atoms with Gasteiger partial charge < -0.3 is 14.6 Å². The van der Waals surface area contributed by atoms with E-state index in [1.165, 1.54) is 0 Å². The van der Waals surface area contributed by atoms with E-state index in [9.17, 15) is 0 Å². The van der Waals surface area contributed by atoms with Crippen LogP contribution in [0.15, 0.2) is 16.6 Å². The molecule has 1 rings (SSSR count). The number of benzene rings is 1. The predicted molar refractivity (Wildman–Crippen MR) is 62.2 cm³/mol. The van der Waals surface area contributed by atoms with E-state index < -0.39 is 0 Å². The fraction of sp³-hybridized carbons (Fsp3) is 0.455. The first kappa shape index (κ1) is 12.5. The second kappa shape index (κ2) is 6.10. The molecule has 15 heavy (non-hydrogen) atoms. The highest BCUT2D eigenvalue weighted by atomic mass is 79.9. The first-order chi connectivity index (χ1) is 7.22. The number of ether oxygens (including phenoxy) is 2. The van der Waals surface area contributed by atoms with Gasteiger partial charge in [0.25, 0.3) is 0 Å². The third-order valence-corrected chi connectivity index (χ3v) is 2.61. The summed E-state index contributed by atoms with van der Waals surface area (Å²) < 4.78 is 11.3. The van der Waals surface area contributed by atoms with E-state index in [2.05, 4.69) is 15.9 Å². The van der Waals surface area contributed by atoms with Crippen molar-refractivity contribution in [2.24, 2.45) is 0 Å². The monoisotopic (exact) mass is 274 g/mol. The quantitative estimate of drug-likeness (QED) is 0.894. The maximum Gasteiger partial charge on any atom is 0.123 e. The SMILES string of the molecule is COCc1cc(Br)cc(OC)c1CCO. The zero-order valence-electron chi connectivity index (χ0n) is 8.92. The molecule has 1 N–H and O–H groups in total. The molecule has 1 aromatic carbocycles. The van der Waals surface area contributed by atoms with Crippen molar-refractivity contribution in [3.8, 4) is 5.75 Å². The number of aliphatic hydroxyl groups excluding tert-OH is 1. The van der Waals surface area contributed by atoms with Crippen molar-refractivity contribution >= 4 is 15.9 Å². The molecule has 4 heteroatoms. The maximum atomic E-state index is 8.99. The van der Waals surface area contributed by atoms with Crippen LogP contribution in [0.25, 0.3) is 0 Å². The van der Waals surface area contributed by atoms with Crippen molar-refractivity contribution in [3.05, 3.63) is 27.7 Å². The highest BCUT2D eigenvalue weighted by Gasteiger charge is 2.10. The van der Waals surface area contributed by atoms with Crippen LogP contribution >= 0.6 is 15.9 Å². The van der Waals surface area contributed by atoms with Crippen LogP contribution in [0.3, 0.4) is 0 Å². The lowest BCUT2D eigenvalue weighted by molar-refractivity contribution is 0.183. The smallest absolute Gasteiger partial charge is 0.123 e. The van der Waals surface area contributed by atoms with Gasteiger partial charge >= 0.3 is 0 Å². The van der Waals surface area contributed by atoms with Crippen molar-refractivity contribution in [2.45, 2.75) is 13.0 Å². The standard InChI is InChI=1S/C11H15BrO3/c1-14-7-8-5-9(12)6-11(15-2)10(8)3-4-13/h5-6,13H,3-4,7H2,1-2H3. The number of hydrogen-bond donors (Lipinski definition) is 1. The summed E-state index contributed by atoms with van der Waals surface area (Å²) in [4.78, 5) is 0. The fourth-order valence-corrected chi connectivity index (χ4v) is 2.01. The number of aliphatic hydroxyl groups is 1. The highest BCUT2D eigenvalue weighted by molar-refractivity contribution is 9.10. The Balaban J connectivity index is 3.14. The van der Waals surface area contributed by atoms with Crippen LogP contribution in [0.5, 0.6) is 5.75 Å². The third-order valence-electron chi connectivity index (χ3n) is 2.15. The van der Waals surface area contributed by atoms with E-state index in [4.69, 9.17) is 14.6 Å². The molecule has 84 valence electrons. The van der Waals surface area contributed by atoms with E-state index in [-0.39, 0.29) is 6.61 Å². The van der Waals surface area contributed by atoms with Crippen LogP contribution in [0.4, 0.5) is 0 Å². The van der Waals surface area contributed by atoms with Gasteiger partial charge in [0.15, 0.2) is 0 Å². The van der Waals surface area contributed by atoms with Crippen LogP contribution in [-0.4, -0.2) is 25.9 Å². The molecule has 0 saturated heterocycles. The maximum absolute atomic E-state index is 8.99. The van der Waals surface area contributed by atoms with Crippen molar-refractivity contribution in [2.75, 3.05) is 20.8 Å². The molecule has 0 unspecified atom stereocenters. The molecule has 0 radical (unpaired) electrons. The fourth-order valence-electron chi connectivity index (χ4n) is 1.53. The van der Waals surface area contributed by atoms with E-state index in [0.717, 1.165) is 21.3 Å². The largest absolute Gasteiger partial charge is 0.496 e. The van der Waals surface area contributed by atoms with Crippen LogP contribution in [0.2, 0.25) is 0 Å². The zero-order valence-corrected chi connectivity index (χ0v) is 10.5. The number of rotatable bonds is 5. The molecular formula is C11H15BrO3. The molecule has 3 nitrogen and oxygen atoms in total. The number of hydrogen-bond acceptors (Lipinski definition) is 3. The Bertz CT molecular complexity index is 326. The second-order valence-electron chi connectivity index (χ2n) is 3.15. The average Bonchev–Trinajstić information content (AvgIpc) is 2.22. The van der Waals surface area contributed by atoms with Gasteiger partial charge in [-0.3, -0.25) is 0 Å². The molecule has 0 fully saturated rings. The minimum atomic E-state index is 0.106. The summed E-state index contributed by atoms with van der Waals surface area (Å²) in [5, 5.41) is 8.99. The Morgan fingerprint density at radius 3 is 2.60 bits per heavy atom. The van der Waals surface area contributed by atoms with Crippen molar-refractivity contribution in [1.82, 2.24) is 0 Å². The Morgan fingerprint density at radius 2 is 2.07 bits per heavy atom. The lowest BCUT2D eigenvalue weighted by Gasteiger charge is -2.13. The van der Waals surface area contributed by atoms with Gasteiger partial charge in [-0.25, -0.2) is 0 Å². The van der Waals surface area contributed by atoms with E-state index in [0.29, 0.717) is 13.0 Å². The van der Waals surface area contributed by atoms with Gasteiger partial charge in [-0.1, -0.05) is 15.9 Å². The van der Waals surface area contributed by atoms with E-state index >= 15 is 0 Å². The molecule has 0 aromatic heterocycles. The predicted octanol–water partition coefficient (Wildman–Crippen LogP) is 2.14. The third kappa shape index (κ3) is 3.19. The molecule has 0 bridgehead atoms. The lowest BCUT2D eigenvalue weighted by atomic mass is 10.0. The second-order valence-corrected chi connectivity index (χ2v) is 4.07. The van der Waals surface area contributed by atoms with E-state index in [1.807, 2.05) is 12.1 Å². The van der Waals surface area contributed by atoms with Crippen LogP contribution in [0.1, 0.15) is 11.1 Å². The zero-order chi connectivity index (χ0) is 11.3. The summed E-state index contributed by atoms with van der Waals surface area (Å²) in [7, 11) is 3.27. The van der Waals surface area contributed by atoms with Gasteiger partial charge in [-0.05, 0) is 24.1 Å². The van der Waals surface area contributed by atoms with Crippen LogP contribution < -0.4 is 4.74 Å². The van der Waals surface area contributed by atoms with Crippen LogP contribution in [0, 0.1) is 0 Å².